The fraction of sp³-hybridized carbons (Fsp3) is 0.176. The molecule has 27 heavy (non-hydrogen) atoms. The molecule has 4 aromatic rings. The van der Waals surface area contributed by atoms with Crippen molar-refractivity contribution in [1.29, 1.82) is 0 Å². The molecule has 0 aromatic carbocycles. The van der Waals surface area contributed by atoms with Crippen molar-refractivity contribution in [3.8, 4) is 5.00 Å². The Morgan fingerprint density at radius 3 is 2.63 bits per heavy atom. The van der Waals surface area contributed by atoms with Gasteiger partial charge in [-0.05, 0) is 51.5 Å². The Labute approximate surface area is 161 Å². The zero-order chi connectivity index (χ0) is 18.6. The maximum Gasteiger partial charge on any atom is 0.369 e. The highest BCUT2D eigenvalue weighted by atomic mass is 32.1. The summed E-state index contributed by atoms with van der Waals surface area (Å²) in [5, 5.41) is 12.2. The van der Waals surface area contributed by atoms with Gasteiger partial charge in [-0.15, -0.1) is 22.7 Å². The molecule has 8 nitrogen and oxygen atoms in total. The summed E-state index contributed by atoms with van der Waals surface area (Å²) in [5.41, 5.74) is -0.445. The SMILES string of the molecule is O=C(Cn1nnn(-c2cccs2)c1=O)N(Cc1ccco1)Cc1cccs1. The summed E-state index contributed by atoms with van der Waals surface area (Å²) in [7, 11) is 0. The highest BCUT2D eigenvalue weighted by Crippen LogP contribution is 2.15. The van der Waals surface area contributed by atoms with Gasteiger partial charge in [-0.1, -0.05) is 6.07 Å². The monoisotopic (exact) mass is 401 g/mol. The van der Waals surface area contributed by atoms with Crippen LogP contribution < -0.4 is 5.69 Å². The van der Waals surface area contributed by atoms with E-state index in [2.05, 4.69) is 10.4 Å². The summed E-state index contributed by atoms with van der Waals surface area (Å²) >= 11 is 2.94. The number of nitrogens with zero attached hydrogens (tertiary/aromatic N) is 5. The minimum absolute atomic E-state index is 0.184. The van der Waals surface area contributed by atoms with Crippen molar-refractivity contribution in [2.75, 3.05) is 0 Å². The minimum atomic E-state index is -0.445. The second-order valence-electron chi connectivity index (χ2n) is 5.69. The van der Waals surface area contributed by atoms with Gasteiger partial charge in [0.1, 0.15) is 17.3 Å². The van der Waals surface area contributed by atoms with Crippen molar-refractivity contribution < 1.29 is 9.21 Å². The van der Waals surface area contributed by atoms with Crippen LogP contribution in [0.25, 0.3) is 5.00 Å². The summed E-state index contributed by atoms with van der Waals surface area (Å²) < 4.78 is 7.63. The quantitative estimate of drug-likeness (QED) is 0.475. The fourth-order valence-electron chi connectivity index (χ4n) is 2.54. The Morgan fingerprint density at radius 2 is 1.93 bits per heavy atom. The first-order valence-corrected chi connectivity index (χ1v) is 9.86. The highest BCUT2D eigenvalue weighted by Gasteiger charge is 2.20. The van der Waals surface area contributed by atoms with Crippen LogP contribution in [0.1, 0.15) is 10.6 Å². The molecule has 10 heteroatoms. The molecule has 0 bridgehead atoms. The van der Waals surface area contributed by atoms with Crippen molar-refractivity contribution in [3.05, 3.63) is 74.5 Å². The normalized spacial score (nSPS) is 11.0. The van der Waals surface area contributed by atoms with Crippen LogP contribution in [0.15, 0.2) is 62.6 Å². The van der Waals surface area contributed by atoms with Crippen molar-refractivity contribution in [2.45, 2.75) is 19.6 Å². The molecule has 0 spiro atoms. The number of carbonyl (C=O) groups excluding carboxylic acids is 1. The van der Waals surface area contributed by atoms with E-state index in [4.69, 9.17) is 4.42 Å². The standard InChI is InChI=1S/C17H15N5O3S2/c23-15(12-21-17(24)22(19-18-21)16-6-3-9-27-16)20(10-13-4-1-7-25-13)11-14-5-2-8-26-14/h1-9H,10-12H2. The van der Waals surface area contributed by atoms with Crippen LogP contribution in [0.3, 0.4) is 0 Å². The lowest BCUT2D eigenvalue weighted by molar-refractivity contribution is -0.133. The summed E-state index contributed by atoms with van der Waals surface area (Å²) in [6, 6.07) is 11.1. The largest absolute Gasteiger partial charge is 0.467 e. The number of hydrogen-bond donors (Lipinski definition) is 0. The molecule has 0 aliphatic heterocycles. The van der Waals surface area contributed by atoms with Crippen LogP contribution in [0.5, 0.6) is 0 Å². The van der Waals surface area contributed by atoms with Gasteiger partial charge in [0, 0.05) is 4.88 Å². The number of aromatic nitrogens is 4. The molecule has 1 amide bonds. The first-order valence-electron chi connectivity index (χ1n) is 8.10. The Bertz CT molecular complexity index is 1010. The van der Waals surface area contributed by atoms with Gasteiger partial charge >= 0.3 is 5.69 Å². The van der Waals surface area contributed by atoms with Crippen LogP contribution in [0.2, 0.25) is 0 Å². The number of amides is 1. The van der Waals surface area contributed by atoms with E-state index in [1.54, 1.807) is 34.6 Å². The lowest BCUT2D eigenvalue weighted by Gasteiger charge is -2.20. The van der Waals surface area contributed by atoms with E-state index >= 15 is 0 Å². The van der Waals surface area contributed by atoms with Gasteiger partial charge in [-0.25, -0.2) is 4.79 Å². The number of rotatable bonds is 7. The predicted octanol–water partition coefficient (Wildman–Crippen LogP) is 2.37. The zero-order valence-corrected chi connectivity index (χ0v) is 15.7. The van der Waals surface area contributed by atoms with E-state index in [9.17, 15) is 9.59 Å². The molecule has 4 aromatic heterocycles. The van der Waals surface area contributed by atoms with Crippen LogP contribution in [-0.2, 0) is 24.4 Å². The molecule has 138 valence electrons. The molecular formula is C17H15N5O3S2. The highest BCUT2D eigenvalue weighted by molar-refractivity contribution is 7.12. The molecule has 0 saturated heterocycles. The van der Waals surface area contributed by atoms with Gasteiger partial charge < -0.3 is 9.32 Å². The maximum absolute atomic E-state index is 12.9. The number of furan rings is 1. The lowest BCUT2D eigenvalue weighted by Crippen LogP contribution is -2.36. The Kier molecular flexibility index (Phi) is 4.99. The van der Waals surface area contributed by atoms with Crippen molar-refractivity contribution in [2.24, 2.45) is 0 Å². The molecule has 0 radical (unpaired) electrons. The topological polar surface area (TPSA) is 86.2 Å². The number of thiophene rings is 2. The van der Waals surface area contributed by atoms with E-state index in [1.807, 2.05) is 35.0 Å². The zero-order valence-electron chi connectivity index (χ0n) is 14.1. The Morgan fingerprint density at radius 1 is 1.07 bits per heavy atom. The summed E-state index contributed by atoms with van der Waals surface area (Å²) in [6.07, 6.45) is 1.57. The summed E-state index contributed by atoms with van der Waals surface area (Å²) in [5.74, 6) is 0.439. The van der Waals surface area contributed by atoms with Gasteiger partial charge in [0.2, 0.25) is 5.91 Å². The Balaban J connectivity index is 1.54. The number of tetrazole rings is 1. The predicted molar refractivity (Wildman–Crippen MR) is 101 cm³/mol. The van der Waals surface area contributed by atoms with Crippen LogP contribution >= 0.6 is 22.7 Å². The van der Waals surface area contributed by atoms with Gasteiger partial charge in [0.25, 0.3) is 0 Å². The third-order valence-corrected chi connectivity index (χ3v) is 5.55. The third kappa shape index (κ3) is 3.91. The average Bonchev–Trinajstić information content (AvgIpc) is 3.44. The lowest BCUT2D eigenvalue weighted by atomic mass is 10.3. The summed E-state index contributed by atoms with van der Waals surface area (Å²) in [6.45, 7) is 0.568. The molecule has 0 atom stereocenters. The Hall–Kier alpha value is -2.98. The smallest absolute Gasteiger partial charge is 0.369 e. The van der Waals surface area contributed by atoms with Crippen molar-refractivity contribution in [1.82, 2.24) is 24.7 Å². The molecule has 0 aliphatic carbocycles. The molecule has 0 aliphatic rings. The van der Waals surface area contributed by atoms with E-state index in [0.717, 1.165) is 9.56 Å². The molecule has 4 heterocycles. The second kappa shape index (κ2) is 7.72. The van der Waals surface area contributed by atoms with Crippen LogP contribution in [-0.4, -0.2) is 30.6 Å². The van der Waals surface area contributed by atoms with Crippen molar-refractivity contribution >= 4 is 28.6 Å². The van der Waals surface area contributed by atoms with E-state index in [0.29, 0.717) is 23.9 Å². The second-order valence-corrected chi connectivity index (χ2v) is 7.65. The van der Waals surface area contributed by atoms with E-state index in [-0.39, 0.29) is 12.5 Å². The molecular weight excluding hydrogens is 386 g/mol. The first-order chi connectivity index (χ1) is 13.2. The van der Waals surface area contributed by atoms with Gasteiger partial charge in [-0.3, -0.25) is 4.79 Å². The van der Waals surface area contributed by atoms with Gasteiger partial charge in [-0.2, -0.15) is 9.36 Å². The minimum Gasteiger partial charge on any atom is -0.467 e. The fourth-order valence-corrected chi connectivity index (χ4v) is 3.93. The van der Waals surface area contributed by atoms with E-state index < -0.39 is 5.69 Å². The molecule has 0 unspecified atom stereocenters. The average molecular weight is 401 g/mol. The molecule has 4 rings (SSSR count). The van der Waals surface area contributed by atoms with Gasteiger partial charge in [0.05, 0.1) is 19.4 Å². The third-order valence-electron chi connectivity index (χ3n) is 3.85. The molecule has 0 fully saturated rings. The van der Waals surface area contributed by atoms with Crippen molar-refractivity contribution in [3.63, 3.8) is 0 Å². The summed E-state index contributed by atoms with van der Waals surface area (Å²) in [4.78, 5) is 28.0. The van der Waals surface area contributed by atoms with Crippen LogP contribution in [0.4, 0.5) is 0 Å². The maximum atomic E-state index is 12.9. The number of hydrogen-bond acceptors (Lipinski definition) is 7. The van der Waals surface area contributed by atoms with E-state index in [1.165, 1.54) is 16.0 Å². The molecule has 0 saturated carbocycles. The molecule has 0 N–H and O–H groups in total. The van der Waals surface area contributed by atoms with Gasteiger partial charge in [0.15, 0.2) is 0 Å². The van der Waals surface area contributed by atoms with Crippen LogP contribution in [0, 0.1) is 0 Å². The first kappa shape index (κ1) is 17.4. The number of carbonyl (C=O) groups is 1.